The summed E-state index contributed by atoms with van der Waals surface area (Å²) in [6.45, 7) is 0. The van der Waals surface area contributed by atoms with Crippen molar-refractivity contribution in [3.63, 3.8) is 0 Å². The number of carboxylic acid groups (broad SMARTS) is 2. The standard InChI is InChI=1S/C3H4O4.2Mn/c4-2(5)1-3(6)7;;/h1H2,(H,4,5)(H,6,7);;. The molecule has 0 aromatic heterocycles. The first-order chi connectivity index (χ1) is 3.13. The summed E-state index contributed by atoms with van der Waals surface area (Å²) >= 11 is 0. The first kappa shape index (κ1) is 16.0. The molecule has 0 rings (SSSR count). The molecule has 2 N–H and O–H groups in total. The summed E-state index contributed by atoms with van der Waals surface area (Å²) in [4.78, 5) is 18.9. The topological polar surface area (TPSA) is 74.6 Å². The molecule has 0 aliphatic carbocycles. The van der Waals surface area contributed by atoms with Crippen LogP contribution < -0.4 is 0 Å². The number of carboxylic acids is 2. The molecule has 0 amide bonds. The van der Waals surface area contributed by atoms with Crippen molar-refractivity contribution in [3.8, 4) is 0 Å². The van der Waals surface area contributed by atoms with Crippen LogP contribution >= 0.6 is 0 Å². The number of aliphatic carboxylic acids is 2. The van der Waals surface area contributed by atoms with Crippen molar-refractivity contribution < 1.29 is 53.9 Å². The molecule has 0 bridgehead atoms. The summed E-state index contributed by atoms with van der Waals surface area (Å²) < 4.78 is 0. The molecule has 2 radical (unpaired) electrons. The van der Waals surface area contributed by atoms with Crippen LogP contribution in [0.2, 0.25) is 0 Å². The zero-order valence-electron chi connectivity index (χ0n) is 4.17. The van der Waals surface area contributed by atoms with Gasteiger partial charge in [-0.1, -0.05) is 0 Å². The van der Waals surface area contributed by atoms with Gasteiger partial charge in [-0.2, -0.15) is 0 Å². The van der Waals surface area contributed by atoms with E-state index in [1.165, 1.54) is 0 Å². The van der Waals surface area contributed by atoms with Crippen LogP contribution in [0.25, 0.3) is 0 Å². The maximum absolute atomic E-state index is 9.43. The second-order valence-corrected chi connectivity index (χ2v) is 0.964. The molecular formula is C3H4Mn2O4. The number of hydrogen-bond acceptors (Lipinski definition) is 2. The quantitative estimate of drug-likeness (QED) is 0.481. The van der Waals surface area contributed by atoms with Gasteiger partial charge in [-0.3, -0.25) is 9.59 Å². The van der Waals surface area contributed by atoms with Gasteiger partial charge in [-0.05, 0) is 0 Å². The van der Waals surface area contributed by atoms with Crippen LogP contribution in [0.3, 0.4) is 0 Å². The Labute approximate surface area is 72.6 Å². The van der Waals surface area contributed by atoms with E-state index < -0.39 is 18.4 Å². The van der Waals surface area contributed by atoms with E-state index in [0.29, 0.717) is 0 Å². The smallest absolute Gasteiger partial charge is 0.314 e. The molecule has 0 heterocycles. The Morgan fingerprint density at radius 3 is 1.22 bits per heavy atom. The summed E-state index contributed by atoms with van der Waals surface area (Å²) in [5, 5.41) is 15.4. The molecule has 6 heteroatoms. The minimum atomic E-state index is -1.31. The van der Waals surface area contributed by atoms with E-state index in [0.717, 1.165) is 0 Å². The van der Waals surface area contributed by atoms with Gasteiger partial charge in [0, 0.05) is 34.1 Å². The van der Waals surface area contributed by atoms with Crippen LogP contribution in [0.1, 0.15) is 6.42 Å². The molecule has 0 aliphatic heterocycles. The monoisotopic (exact) mass is 214 g/mol. The predicted octanol–water partition coefficient (Wildman–Crippen LogP) is -0.459. The fourth-order valence-electron chi connectivity index (χ4n) is 0.129. The normalized spacial score (nSPS) is 6.22. The van der Waals surface area contributed by atoms with Crippen LogP contribution in [0, 0.1) is 0 Å². The van der Waals surface area contributed by atoms with Crippen LogP contribution in [-0.4, -0.2) is 22.2 Å². The summed E-state index contributed by atoms with van der Waals surface area (Å²) in [5.74, 6) is -2.62. The van der Waals surface area contributed by atoms with E-state index >= 15 is 0 Å². The van der Waals surface area contributed by atoms with Gasteiger partial charge in [0.05, 0.1) is 0 Å². The van der Waals surface area contributed by atoms with Crippen molar-refractivity contribution in [1.29, 1.82) is 0 Å². The zero-order valence-corrected chi connectivity index (χ0v) is 6.53. The Morgan fingerprint density at radius 1 is 1.00 bits per heavy atom. The van der Waals surface area contributed by atoms with Crippen molar-refractivity contribution in [3.05, 3.63) is 0 Å². The maximum atomic E-state index is 9.43. The second-order valence-electron chi connectivity index (χ2n) is 0.964. The van der Waals surface area contributed by atoms with Crippen molar-refractivity contribution in [1.82, 2.24) is 0 Å². The van der Waals surface area contributed by atoms with E-state index in [-0.39, 0.29) is 34.1 Å². The average Bonchev–Trinajstić information content (AvgIpc) is 1.27. The van der Waals surface area contributed by atoms with Crippen LogP contribution in [-0.2, 0) is 43.7 Å². The van der Waals surface area contributed by atoms with Gasteiger partial charge < -0.3 is 10.2 Å². The molecular weight excluding hydrogens is 210 g/mol. The van der Waals surface area contributed by atoms with E-state index in [4.69, 9.17) is 10.2 Å². The van der Waals surface area contributed by atoms with E-state index in [9.17, 15) is 9.59 Å². The Balaban J connectivity index is -0.000000180. The van der Waals surface area contributed by atoms with Crippen molar-refractivity contribution in [2.24, 2.45) is 0 Å². The fraction of sp³-hybridized carbons (Fsp3) is 0.333. The summed E-state index contributed by atoms with van der Waals surface area (Å²) in [6.07, 6.45) is -0.806. The molecule has 0 saturated heterocycles. The molecule has 4 nitrogen and oxygen atoms in total. The first-order valence-corrected chi connectivity index (χ1v) is 1.56. The minimum absolute atomic E-state index is 0. The van der Waals surface area contributed by atoms with Gasteiger partial charge in [0.15, 0.2) is 0 Å². The van der Waals surface area contributed by atoms with Gasteiger partial charge in [-0.15, -0.1) is 0 Å². The minimum Gasteiger partial charge on any atom is -0.481 e. The Kier molecular flexibility index (Phi) is 14.2. The molecule has 0 aromatic carbocycles. The van der Waals surface area contributed by atoms with Gasteiger partial charge in [-0.25, -0.2) is 0 Å². The molecule has 0 fully saturated rings. The van der Waals surface area contributed by atoms with Gasteiger partial charge >= 0.3 is 11.9 Å². The molecule has 54 valence electrons. The summed E-state index contributed by atoms with van der Waals surface area (Å²) in [6, 6.07) is 0. The molecule has 0 aromatic rings. The number of rotatable bonds is 2. The third-order valence-corrected chi connectivity index (χ3v) is 0.302. The second kappa shape index (κ2) is 7.98. The number of hydrogen-bond donors (Lipinski definition) is 2. The molecule has 0 atom stereocenters. The summed E-state index contributed by atoms with van der Waals surface area (Å²) in [5.41, 5.74) is 0. The Bertz CT molecular complexity index is 90.0. The fourth-order valence-corrected chi connectivity index (χ4v) is 0.129. The molecule has 0 aliphatic rings. The van der Waals surface area contributed by atoms with Gasteiger partial charge in [0.2, 0.25) is 0 Å². The van der Waals surface area contributed by atoms with Crippen molar-refractivity contribution >= 4 is 11.9 Å². The van der Waals surface area contributed by atoms with Crippen molar-refractivity contribution in [2.75, 3.05) is 0 Å². The molecule has 0 spiro atoms. The predicted molar refractivity (Wildman–Crippen MR) is 19.9 cm³/mol. The number of carbonyl (C=O) groups is 2. The molecule has 0 saturated carbocycles. The molecule has 0 unspecified atom stereocenters. The van der Waals surface area contributed by atoms with Crippen molar-refractivity contribution in [2.45, 2.75) is 6.42 Å². The largest absolute Gasteiger partial charge is 0.481 e. The van der Waals surface area contributed by atoms with Crippen LogP contribution in [0.4, 0.5) is 0 Å². The van der Waals surface area contributed by atoms with Crippen LogP contribution in [0.5, 0.6) is 0 Å². The third-order valence-electron chi connectivity index (χ3n) is 0.302. The molecule has 9 heavy (non-hydrogen) atoms. The van der Waals surface area contributed by atoms with E-state index in [1.54, 1.807) is 0 Å². The van der Waals surface area contributed by atoms with E-state index in [2.05, 4.69) is 0 Å². The Morgan fingerprint density at radius 2 is 1.22 bits per heavy atom. The van der Waals surface area contributed by atoms with Gasteiger partial charge in [0.25, 0.3) is 0 Å². The summed E-state index contributed by atoms with van der Waals surface area (Å²) in [7, 11) is 0. The average molecular weight is 214 g/mol. The third kappa shape index (κ3) is 18.0. The zero-order chi connectivity index (χ0) is 5.86. The Hall–Kier alpha value is -0.0210. The van der Waals surface area contributed by atoms with Gasteiger partial charge in [0.1, 0.15) is 6.42 Å². The SMILES string of the molecule is O=C(O)CC(=O)O.[Mn].[Mn]. The maximum Gasteiger partial charge on any atom is 0.314 e. The first-order valence-electron chi connectivity index (χ1n) is 1.56. The van der Waals surface area contributed by atoms with E-state index in [1.807, 2.05) is 0 Å². The van der Waals surface area contributed by atoms with Crippen LogP contribution in [0.15, 0.2) is 0 Å².